The van der Waals surface area contributed by atoms with Crippen molar-refractivity contribution < 1.29 is 33.4 Å². The van der Waals surface area contributed by atoms with Gasteiger partial charge in [-0.25, -0.2) is 18.6 Å². The molecule has 6 heteroatoms. The molecule has 2 bridgehead atoms. The number of nitrogens with zero attached hydrogens (tertiary/aromatic N) is 1. The highest BCUT2D eigenvalue weighted by Crippen LogP contribution is 2.63. The van der Waals surface area contributed by atoms with Crippen LogP contribution in [0.1, 0.15) is 56.5 Å². The summed E-state index contributed by atoms with van der Waals surface area (Å²) in [4.78, 5) is 0. The van der Waals surface area contributed by atoms with Crippen LogP contribution in [0.3, 0.4) is 0 Å². The molecule has 5 nitrogen and oxygen atoms in total. The summed E-state index contributed by atoms with van der Waals surface area (Å²) < 4.78 is 36.5. The predicted molar refractivity (Wildman–Crippen MR) is 80.6 cm³/mol. The average Bonchev–Trinajstić information content (AvgIpc) is 2.48. The Bertz CT molecular complexity index is 685. The Kier molecular flexibility index (Phi) is 4.21. The van der Waals surface area contributed by atoms with Crippen molar-refractivity contribution in [2.75, 3.05) is 0 Å². The van der Waals surface area contributed by atoms with Crippen LogP contribution >= 0.6 is 0 Å². The molecule has 0 saturated carbocycles. The number of halogens is 1. The molecule has 1 aromatic carbocycles. The summed E-state index contributed by atoms with van der Waals surface area (Å²) in [6, 6.07) is 16.1. The van der Waals surface area contributed by atoms with Gasteiger partial charge in [-0.2, -0.15) is 4.57 Å². The van der Waals surface area contributed by atoms with Crippen LogP contribution in [0, 0.1) is 21.1 Å². The fraction of sp³-hybridized carbons (Fsp3) is 0.421. The standard InChI is InChI=1S/C19H22N.ClHO4/c1-18(2)16-13-9-5-6-10-14(13)17(19(18,3)4)20-12-8-7-11-15(16)20;2-1(3,4)5/h5-12,16-17H,1-4H3;(H,2,3,4,5)/q+1;/p-1. The average molecular weight is 364 g/mol. The van der Waals surface area contributed by atoms with Crippen molar-refractivity contribution in [2.45, 2.75) is 39.7 Å². The lowest BCUT2D eigenvalue weighted by Gasteiger charge is -2.56. The molecular formula is C19H22ClNO4. The topological polar surface area (TPSA) is 96.1 Å². The third-order valence-electron chi connectivity index (χ3n) is 6.16. The summed E-state index contributed by atoms with van der Waals surface area (Å²) >= 11 is 0. The van der Waals surface area contributed by atoms with E-state index in [1.807, 2.05) is 0 Å². The van der Waals surface area contributed by atoms with E-state index in [0.717, 1.165) is 0 Å². The lowest BCUT2D eigenvalue weighted by Crippen LogP contribution is -2.68. The van der Waals surface area contributed by atoms with E-state index in [0.29, 0.717) is 12.0 Å². The number of aromatic nitrogens is 1. The number of rotatable bonds is 0. The van der Waals surface area contributed by atoms with E-state index in [1.54, 1.807) is 0 Å². The SMILES string of the molecule is CC1(C)C2c3ccccc3C([n+]3ccccc32)C1(C)C.[O-][Cl+3]([O-])([O-])[O-]. The van der Waals surface area contributed by atoms with Crippen molar-refractivity contribution in [3.8, 4) is 0 Å². The van der Waals surface area contributed by atoms with E-state index in [9.17, 15) is 0 Å². The molecule has 0 spiro atoms. The second-order valence-corrected chi connectivity index (χ2v) is 8.57. The quantitative estimate of drug-likeness (QED) is 0.579. The third-order valence-corrected chi connectivity index (χ3v) is 6.16. The van der Waals surface area contributed by atoms with Crippen LogP contribution in [0.5, 0.6) is 0 Å². The van der Waals surface area contributed by atoms with Crippen LogP contribution in [0.4, 0.5) is 0 Å². The lowest BCUT2D eigenvalue weighted by atomic mass is 9.48. The first-order valence-corrected chi connectivity index (χ1v) is 9.40. The zero-order chi connectivity index (χ0) is 18.6. The van der Waals surface area contributed by atoms with Crippen LogP contribution in [0.15, 0.2) is 48.7 Å². The van der Waals surface area contributed by atoms with Gasteiger partial charge in [0.05, 0.1) is 5.92 Å². The van der Waals surface area contributed by atoms with Gasteiger partial charge in [-0.3, -0.25) is 0 Å². The monoisotopic (exact) mass is 363 g/mol. The minimum absolute atomic E-state index is 0.241. The zero-order valence-electron chi connectivity index (χ0n) is 14.7. The molecule has 0 saturated heterocycles. The Labute approximate surface area is 149 Å². The predicted octanol–water partition coefficient (Wildman–Crippen LogP) is -0.681. The second-order valence-electron chi connectivity index (χ2n) is 7.82. The summed E-state index contributed by atoms with van der Waals surface area (Å²) in [6.45, 7) is 9.75. The Balaban J connectivity index is 0.000000324. The van der Waals surface area contributed by atoms with Crippen molar-refractivity contribution in [3.63, 3.8) is 0 Å². The van der Waals surface area contributed by atoms with E-state index in [-0.39, 0.29) is 10.8 Å². The molecule has 1 aliphatic carbocycles. The van der Waals surface area contributed by atoms with Crippen LogP contribution in [-0.2, 0) is 0 Å². The molecule has 3 aliphatic rings. The highest BCUT2D eigenvalue weighted by Gasteiger charge is 2.63. The molecule has 25 heavy (non-hydrogen) atoms. The summed E-state index contributed by atoms with van der Waals surface area (Å²) in [6.07, 6.45) is 2.26. The number of fused-ring (bicyclic) bond motifs is 1. The summed E-state index contributed by atoms with van der Waals surface area (Å²) in [5.41, 5.74) is 5.03. The second kappa shape index (κ2) is 5.76. The van der Waals surface area contributed by atoms with Gasteiger partial charge >= 0.3 is 0 Å². The molecule has 3 heterocycles. The maximum atomic E-state index is 8.49. The first kappa shape index (κ1) is 18.3. The molecule has 2 atom stereocenters. The Hall–Kier alpha value is -1.50. The third kappa shape index (κ3) is 2.86. The molecule has 0 radical (unpaired) electrons. The van der Waals surface area contributed by atoms with Gasteiger partial charge in [0, 0.05) is 23.1 Å². The van der Waals surface area contributed by atoms with E-state index in [4.69, 9.17) is 18.6 Å². The van der Waals surface area contributed by atoms with Crippen molar-refractivity contribution in [1.29, 1.82) is 0 Å². The molecule has 2 unspecified atom stereocenters. The molecule has 0 fully saturated rings. The van der Waals surface area contributed by atoms with E-state index < -0.39 is 10.2 Å². The van der Waals surface area contributed by atoms with E-state index >= 15 is 0 Å². The number of benzene rings is 1. The van der Waals surface area contributed by atoms with Crippen LogP contribution in [0.2, 0.25) is 0 Å². The van der Waals surface area contributed by atoms with Gasteiger partial charge in [0.15, 0.2) is 17.9 Å². The van der Waals surface area contributed by atoms with Gasteiger partial charge in [0.2, 0.25) is 0 Å². The summed E-state index contributed by atoms with van der Waals surface area (Å²) in [5, 5.41) is 0. The highest BCUT2D eigenvalue weighted by atomic mass is 35.7. The molecule has 1 aromatic heterocycles. The van der Waals surface area contributed by atoms with Crippen LogP contribution in [0.25, 0.3) is 0 Å². The maximum absolute atomic E-state index is 8.49. The minimum Gasteiger partial charge on any atom is -0.222 e. The van der Waals surface area contributed by atoms with Crippen LogP contribution < -0.4 is 23.2 Å². The lowest BCUT2D eigenvalue weighted by molar-refractivity contribution is -2.00. The van der Waals surface area contributed by atoms with Crippen molar-refractivity contribution in [2.24, 2.45) is 10.8 Å². The highest BCUT2D eigenvalue weighted by molar-refractivity contribution is 5.45. The van der Waals surface area contributed by atoms with Gasteiger partial charge in [-0.1, -0.05) is 58.0 Å². The van der Waals surface area contributed by atoms with Gasteiger partial charge in [0.25, 0.3) is 0 Å². The smallest absolute Gasteiger partial charge is 0.190 e. The summed E-state index contributed by atoms with van der Waals surface area (Å²) in [5.74, 6) is 0.486. The van der Waals surface area contributed by atoms with E-state index in [1.165, 1.54) is 16.8 Å². The molecule has 0 amide bonds. The van der Waals surface area contributed by atoms with Gasteiger partial charge in [0.1, 0.15) is 0 Å². The van der Waals surface area contributed by atoms with Gasteiger partial charge < -0.3 is 0 Å². The fourth-order valence-electron chi connectivity index (χ4n) is 4.50. The Morgan fingerprint density at radius 2 is 1.32 bits per heavy atom. The first-order valence-electron chi connectivity index (χ1n) is 8.17. The molecular weight excluding hydrogens is 342 g/mol. The number of hydrogen-bond donors (Lipinski definition) is 0. The molecule has 0 N–H and O–H groups in total. The van der Waals surface area contributed by atoms with E-state index in [2.05, 4.69) is 80.9 Å². The van der Waals surface area contributed by atoms with Gasteiger partial charge in [-0.15, -0.1) is 10.2 Å². The molecule has 2 aromatic rings. The van der Waals surface area contributed by atoms with Crippen molar-refractivity contribution >= 4 is 0 Å². The number of hydrogen-bond acceptors (Lipinski definition) is 4. The summed E-state index contributed by atoms with van der Waals surface area (Å²) in [7, 11) is -4.94. The maximum Gasteiger partial charge on any atom is 0.190 e. The minimum atomic E-state index is -4.94. The molecule has 2 aliphatic heterocycles. The normalized spacial score (nSPS) is 24.6. The Morgan fingerprint density at radius 3 is 1.92 bits per heavy atom. The Morgan fingerprint density at radius 1 is 0.800 bits per heavy atom. The fourth-order valence-corrected chi connectivity index (χ4v) is 4.50. The van der Waals surface area contributed by atoms with Crippen molar-refractivity contribution in [1.82, 2.24) is 0 Å². The molecule has 134 valence electrons. The zero-order valence-corrected chi connectivity index (χ0v) is 15.5. The number of pyridine rings is 1. The van der Waals surface area contributed by atoms with Crippen molar-refractivity contribution in [3.05, 3.63) is 65.5 Å². The first-order chi connectivity index (χ1) is 11.5. The molecule has 5 rings (SSSR count). The van der Waals surface area contributed by atoms with Gasteiger partial charge in [-0.05, 0) is 11.0 Å². The van der Waals surface area contributed by atoms with Crippen LogP contribution in [-0.4, -0.2) is 0 Å². The largest absolute Gasteiger partial charge is 0.222 e.